The Morgan fingerprint density at radius 2 is 1.83 bits per heavy atom. The zero-order chi connectivity index (χ0) is 24.6. The first-order valence-corrected chi connectivity index (χ1v) is 12.3. The average Bonchev–Trinajstić information content (AvgIpc) is 3.00. The number of likely N-dealkylation sites (N-methyl/N-ethyl adjacent to an activating group) is 1. The number of hydrogen-bond acceptors (Lipinski definition) is 4. The third-order valence-corrected chi connectivity index (χ3v) is 6.59. The van der Waals surface area contributed by atoms with E-state index in [0.717, 1.165) is 48.3 Å². The lowest BCUT2D eigenvalue weighted by atomic mass is 9.98. The minimum atomic E-state index is -0.788. The number of benzene rings is 2. The smallest absolute Gasteiger partial charge is 0.309 e. The lowest BCUT2D eigenvalue weighted by Crippen LogP contribution is -2.51. The Labute approximate surface area is 206 Å². The molecule has 2 aromatic carbocycles. The molecule has 35 heavy (non-hydrogen) atoms. The van der Waals surface area contributed by atoms with Crippen molar-refractivity contribution in [2.24, 2.45) is 5.92 Å². The molecule has 0 radical (unpaired) electrons. The van der Waals surface area contributed by atoms with Crippen LogP contribution in [0.3, 0.4) is 0 Å². The standard InChI is InChI=1S/C28H32N4O3/c1-32-25-19-22(8-7-21-13-16-29-17-14-21)9-10-23(25)11-12-24(28(32)35)31-27(34)26(33)30-18-15-20-5-3-2-4-6-20/h2-6,9-10,19,21,24,29H,11-18H2,1H3,(H,30,33)(H,31,34). The molecule has 0 bridgehead atoms. The highest BCUT2D eigenvalue weighted by atomic mass is 16.2. The van der Waals surface area contributed by atoms with Crippen LogP contribution in [0.4, 0.5) is 5.69 Å². The van der Waals surface area contributed by atoms with Crippen molar-refractivity contribution in [3.05, 3.63) is 65.2 Å². The molecule has 1 fully saturated rings. The molecule has 2 aromatic rings. The van der Waals surface area contributed by atoms with Gasteiger partial charge in [0, 0.05) is 30.8 Å². The number of carbonyl (C=O) groups excluding carboxylic acids is 3. The van der Waals surface area contributed by atoms with Gasteiger partial charge in [0.2, 0.25) is 5.91 Å². The molecular formula is C28H32N4O3. The Kier molecular flexibility index (Phi) is 8.17. The molecule has 1 unspecified atom stereocenters. The van der Waals surface area contributed by atoms with E-state index in [-0.39, 0.29) is 5.91 Å². The third-order valence-electron chi connectivity index (χ3n) is 6.59. The number of rotatable bonds is 4. The number of piperidine rings is 1. The summed E-state index contributed by atoms with van der Waals surface area (Å²) in [5, 5.41) is 8.61. The molecule has 3 amide bonds. The van der Waals surface area contributed by atoms with Crippen LogP contribution < -0.4 is 20.9 Å². The number of nitrogens with one attached hydrogen (secondary N) is 3. The first-order chi connectivity index (χ1) is 17.0. The Bertz CT molecular complexity index is 1130. The van der Waals surface area contributed by atoms with Crippen molar-refractivity contribution in [3.63, 3.8) is 0 Å². The minimum absolute atomic E-state index is 0.238. The second-order valence-electron chi connectivity index (χ2n) is 9.09. The first-order valence-electron chi connectivity index (χ1n) is 12.3. The molecule has 2 aliphatic rings. The molecule has 2 heterocycles. The Morgan fingerprint density at radius 1 is 1.06 bits per heavy atom. The summed E-state index contributed by atoms with van der Waals surface area (Å²) >= 11 is 0. The largest absolute Gasteiger partial charge is 0.348 e. The van der Waals surface area contributed by atoms with E-state index in [1.807, 2.05) is 48.5 Å². The van der Waals surface area contributed by atoms with Crippen LogP contribution in [0.15, 0.2) is 48.5 Å². The zero-order valence-corrected chi connectivity index (χ0v) is 20.1. The number of fused-ring (bicyclic) bond motifs is 1. The van der Waals surface area contributed by atoms with E-state index in [1.165, 1.54) is 0 Å². The maximum Gasteiger partial charge on any atom is 0.309 e. The monoisotopic (exact) mass is 472 g/mol. The van der Waals surface area contributed by atoms with Gasteiger partial charge in [-0.15, -0.1) is 0 Å². The van der Waals surface area contributed by atoms with Crippen LogP contribution in [-0.4, -0.2) is 50.4 Å². The van der Waals surface area contributed by atoms with Crippen molar-refractivity contribution < 1.29 is 14.4 Å². The van der Waals surface area contributed by atoms with Crippen LogP contribution >= 0.6 is 0 Å². The summed E-state index contributed by atoms with van der Waals surface area (Å²) in [4.78, 5) is 39.4. The number of amides is 3. The molecule has 2 aliphatic heterocycles. The third kappa shape index (κ3) is 6.49. The highest BCUT2D eigenvalue weighted by Crippen LogP contribution is 2.27. The van der Waals surface area contributed by atoms with Gasteiger partial charge in [0.1, 0.15) is 6.04 Å². The zero-order valence-electron chi connectivity index (χ0n) is 20.1. The summed E-state index contributed by atoms with van der Waals surface area (Å²) in [5.74, 6) is 5.28. The van der Waals surface area contributed by atoms with Crippen LogP contribution in [0.2, 0.25) is 0 Å². The van der Waals surface area contributed by atoms with Gasteiger partial charge in [0.05, 0.1) is 0 Å². The van der Waals surface area contributed by atoms with Gasteiger partial charge in [-0.1, -0.05) is 48.2 Å². The molecule has 1 atom stereocenters. The molecule has 182 valence electrons. The summed E-state index contributed by atoms with van der Waals surface area (Å²) in [7, 11) is 1.70. The van der Waals surface area contributed by atoms with E-state index in [4.69, 9.17) is 0 Å². The van der Waals surface area contributed by atoms with Crippen LogP contribution in [0.25, 0.3) is 0 Å². The Morgan fingerprint density at radius 3 is 2.60 bits per heavy atom. The van der Waals surface area contributed by atoms with Crippen LogP contribution in [0.5, 0.6) is 0 Å². The number of aryl methyl sites for hydroxylation is 1. The fourth-order valence-corrected chi connectivity index (χ4v) is 4.50. The number of anilines is 1. The van der Waals surface area contributed by atoms with Crippen molar-refractivity contribution >= 4 is 23.4 Å². The van der Waals surface area contributed by atoms with Gasteiger partial charge in [-0.2, -0.15) is 0 Å². The van der Waals surface area contributed by atoms with E-state index in [1.54, 1.807) is 11.9 Å². The van der Waals surface area contributed by atoms with Crippen molar-refractivity contribution in [2.45, 2.75) is 38.1 Å². The lowest BCUT2D eigenvalue weighted by Gasteiger charge is -2.22. The van der Waals surface area contributed by atoms with Crippen molar-refractivity contribution in [2.75, 3.05) is 31.6 Å². The van der Waals surface area contributed by atoms with E-state index in [9.17, 15) is 14.4 Å². The molecule has 3 N–H and O–H groups in total. The van der Waals surface area contributed by atoms with Crippen LogP contribution in [0.1, 0.15) is 36.0 Å². The number of hydrogen-bond donors (Lipinski definition) is 3. The van der Waals surface area contributed by atoms with Gasteiger partial charge >= 0.3 is 11.8 Å². The van der Waals surface area contributed by atoms with Gasteiger partial charge in [-0.3, -0.25) is 14.4 Å². The predicted octanol–water partition coefficient (Wildman–Crippen LogP) is 1.79. The summed E-state index contributed by atoms with van der Waals surface area (Å²) < 4.78 is 0. The van der Waals surface area contributed by atoms with E-state index >= 15 is 0 Å². The molecule has 1 saturated heterocycles. The van der Waals surface area contributed by atoms with Gasteiger partial charge < -0.3 is 20.9 Å². The topological polar surface area (TPSA) is 90.5 Å². The van der Waals surface area contributed by atoms with E-state index in [0.29, 0.717) is 31.7 Å². The fraction of sp³-hybridized carbons (Fsp3) is 0.393. The molecule has 0 saturated carbocycles. The van der Waals surface area contributed by atoms with Gasteiger partial charge in [0.25, 0.3) is 0 Å². The van der Waals surface area contributed by atoms with Crippen LogP contribution in [-0.2, 0) is 27.2 Å². The summed E-state index contributed by atoms with van der Waals surface area (Å²) in [5.41, 5.74) is 3.78. The van der Waals surface area contributed by atoms with E-state index < -0.39 is 17.9 Å². The molecule has 4 rings (SSSR count). The average molecular weight is 473 g/mol. The summed E-state index contributed by atoms with van der Waals surface area (Å²) in [6.07, 6.45) is 3.78. The molecule has 0 spiro atoms. The molecule has 0 aliphatic carbocycles. The maximum absolute atomic E-state index is 13.1. The fourth-order valence-electron chi connectivity index (χ4n) is 4.50. The van der Waals surface area contributed by atoms with Crippen molar-refractivity contribution in [1.82, 2.24) is 16.0 Å². The Hall–Kier alpha value is -3.63. The minimum Gasteiger partial charge on any atom is -0.348 e. The number of carbonyl (C=O) groups is 3. The Balaban J connectivity index is 1.35. The first kappa shape index (κ1) is 24.5. The second-order valence-corrected chi connectivity index (χ2v) is 9.09. The quantitative estimate of drug-likeness (QED) is 0.468. The molecule has 7 heteroatoms. The normalized spacial score (nSPS) is 18.0. The molecular weight excluding hydrogens is 440 g/mol. The second kappa shape index (κ2) is 11.7. The predicted molar refractivity (Wildman–Crippen MR) is 136 cm³/mol. The van der Waals surface area contributed by atoms with Gasteiger partial charge in [-0.05, 0) is 68.5 Å². The number of nitrogens with zero attached hydrogens (tertiary/aromatic N) is 1. The van der Waals surface area contributed by atoms with Crippen molar-refractivity contribution in [1.29, 1.82) is 0 Å². The van der Waals surface area contributed by atoms with Gasteiger partial charge in [-0.25, -0.2) is 0 Å². The lowest BCUT2D eigenvalue weighted by molar-refractivity contribution is -0.140. The van der Waals surface area contributed by atoms with Gasteiger partial charge in [0.15, 0.2) is 0 Å². The summed E-state index contributed by atoms with van der Waals surface area (Å²) in [6.45, 7) is 2.35. The SMILES string of the molecule is CN1C(=O)C(NC(=O)C(=O)NCCc2ccccc2)CCc2ccc(C#CC3CCNCC3)cc21. The highest BCUT2D eigenvalue weighted by molar-refractivity contribution is 6.35. The summed E-state index contributed by atoms with van der Waals surface area (Å²) in [6, 6.07) is 14.9. The molecule has 0 aromatic heterocycles. The maximum atomic E-state index is 13.1. The highest BCUT2D eigenvalue weighted by Gasteiger charge is 2.30. The van der Waals surface area contributed by atoms with Crippen LogP contribution in [0, 0.1) is 17.8 Å². The molecule has 7 nitrogen and oxygen atoms in total. The van der Waals surface area contributed by atoms with E-state index in [2.05, 4.69) is 27.8 Å². The van der Waals surface area contributed by atoms with Crippen molar-refractivity contribution in [3.8, 4) is 11.8 Å².